The quantitative estimate of drug-likeness (QED) is 0.518. The first-order chi connectivity index (χ1) is 3.79. The van der Waals surface area contributed by atoms with Crippen molar-refractivity contribution in [3.63, 3.8) is 0 Å². The molecule has 0 aliphatic heterocycles. The van der Waals surface area contributed by atoms with Crippen molar-refractivity contribution in [2.45, 2.75) is 13.8 Å². The van der Waals surface area contributed by atoms with Gasteiger partial charge in [0, 0.05) is 0 Å². The molecule has 11 heavy (non-hydrogen) atoms. The van der Waals surface area contributed by atoms with E-state index in [1.807, 2.05) is 0 Å². The van der Waals surface area contributed by atoms with Gasteiger partial charge in [-0.2, -0.15) is 0 Å². The minimum absolute atomic E-state index is 0. The fourth-order valence-corrected chi connectivity index (χ4v) is 0.807. The minimum atomic E-state index is 0. The van der Waals surface area contributed by atoms with E-state index in [2.05, 4.69) is 38.1 Å². The van der Waals surface area contributed by atoms with Gasteiger partial charge in [0.25, 0.3) is 0 Å². The average Bonchev–Trinajstić information content (AvgIpc) is 1.64. The van der Waals surface area contributed by atoms with Gasteiger partial charge in [0.15, 0.2) is 0 Å². The zero-order valence-corrected chi connectivity index (χ0v) is 7.44. The van der Waals surface area contributed by atoms with E-state index < -0.39 is 0 Å². The number of hydrogen-bond donors (Lipinski definition) is 1. The molecule has 0 amide bonds. The molecule has 0 saturated heterocycles. The molecule has 0 saturated carbocycles. The Bertz CT molecular complexity index is 174. The summed E-state index contributed by atoms with van der Waals surface area (Å²) in [6, 6.07) is 8.45. The van der Waals surface area contributed by atoms with Crippen LogP contribution in [0.2, 0.25) is 0 Å². The minimum Gasteiger partial charge on any atom is -0.369 e. The summed E-state index contributed by atoms with van der Waals surface area (Å²) in [6.45, 7) is 4.21. The molecule has 0 aliphatic rings. The van der Waals surface area contributed by atoms with Gasteiger partial charge in [0.2, 0.25) is 0 Å². The Kier molecular flexibility index (Phi) is 12.7. The predicted molar refractivity (Wildman–Crippen MR) is 53.2 cm³/mol. The number of aryl methyl sites for hydroxylation is 2. The van der Waals surface area contributed by atoms with Crippen LogP contribution in [0, 0.1) is 13.8 Å². The second kappa shape index (κ2) is 8.11. The molecule has 0 unspecified atom stereocenters. The van der Waals surface area contributed by atoms with Crippen LogP contribution in [0.5, 0.6) is 0 Å². The number of halogens is 1. The van der Waals surface area contributed by atoms with E-state index in [-0.39, 0.29) is 36.2 Å². The van der Waals surface area contributed by atoms with Crippen molar-refractivity contribution in [1.82, 2.24) is 6.15 Å². The van der Waals surface area contributed by atoms with E-state index in [0.29, 0.717) is 0 Å². The van der Waals surface area contributed by atoms with Crippen LogP contribution >= 0.6 is 0 Å². The Morgan fingerprint density at radius 3 is 1.55 bits per heavy atom. The molecule has 66 valence electrons. The van der Waals surface area contributed by atoms with E-state index >= 15 is 0 Å². The molecule has 4 N–H and O–H groups in total. The van der Waals surface area contributed by atoms with Gasteiger partial charge >= 0.3 is 17.6 Å². The van der Waals surface area contributed by atoms with E-state index in [1.165, 1.54) is 11.1 Å². The zero-order valence-electron chi connectivity index (χ0n) is 6.69. The maximum atomic E-state index is 2.17. The first-order valence-corrected chi connectivity index (χ1v) is 2.82. The van der Waals surface area contributed by atoms with Gasteiger partial charge < -0.3 is 18.6 Å². The first kappa shape index (κ1) is 17.2. The summed E-state index contributed by atoms with van der Waals surface area (Å²) in [6.07, 6.45) is 0. The van der Waals surface area contributed by atoms with Gasteiger partial charge in [-0.1, -0.05) is 35.4 Å². The molecule has 0 heterocycles. The van der Waals surface area contributed by atoms with Crippen LogP contribution in [0.1, 0.15) is 11.1 Å². The van der Waals surface area contributed by atoms with Gasteiger partial charge in [-0.3, -0.25) is 0 Å². The SMILES string of the molecule is Cc1cccc(C)c1.[Cl-].[GeH4].[NH4+]. The number of quaternary nitrogens is 1. The van der Waals surface area contributed by atoms with Crippen molar-refractivity contribution < 1.29 is 12.4 Å². The summed E-state index contributed by atoms with van der Waals surface area (Å²) in [7, 11) is 0. The molecule has 1 rings (SSSR count). The molecular formula is C8H18ClGeN. The summed E-state index contributed by atoms with van der Waals surface area (Å²) in [4.78, 5) is 0. The maximum absolute atomic E-state index is 2.17. The molecule has 0 spiro atoms. The van der Waals surface area contributed by atoms with Crippen molar-refractivity contribution in [3.05, 3.63) is 35.4 Å². The molecular weight excluding hydrogens is 218 g/mol. The van der Waals surface area contributed by atoms with E-state index in [4.69, 9.17) is 0 Å². The van der Waals surface area contributed by atoms with Gasteiger partial charge in [-0.25, -0.2) is 0 Å². The number of hydrogen-bond acceptors (Lipinski definition) is 0. The number of benzene rings is 1. The van der Waals surface area contributed by atoms with Crippen LogP contribution in [0.15, 0.2) is 24.3 Å². The zero-order chi connectivity index (χ0) is 5.98. The predicted octanol–water partition coefficient (Wildman–Crippen LogP) is -1.77. The van der Waals surface area contributed by atoms with Crippen LogP contribution < -0.4 is 18.6 Å². The second-order valence-electron chi connectivity index (χ2n) is 2.16. The Morgan fingerprint density at radius 2 is 1.36 bits per heavy atom. The van der Waals surface area contributed by atoms with Crippen LogP contribution in [0.4, 0.5) is 0 Å². The molecule has 1 aromatic carbocycles. The largest absolute Gasteiger partial charge is 0.369 e. The maximum Gasteiger partial charge on any atom is -0.369 e. The fraction of sp³-hybridized carbons (Fsp3) is 0.250. The molecule has 1 nitrogen and oxygen atoms in total. The molecule has 0 bridgehead atoms. The van der Waals surface area contributed by atoms with Crippen LogP contribution in [-0.4, -0.2) is 17.6 Å². The third-order valence-electron chi connectivity index (χ3n) is 1.17. The summed E-state index contributed by atoms with van der Waals surface area (Å²) < 4.78 is 0. The van der Waals surface area contributed by atoms with Crippen molar-refractivity contribution >= 4 is 17.6 Å². The smallest absolute Gasteiger partial charge is 0.369 e. The fourth-order valence-electron chi connectivity index (χ4n) is 0.807. The average molecular weight is 236 g/mol. The summed E-state index contributed by atoms with van der Waals surface area (Å²) in [5.41, 5.74) is 2.68. The Morgan fingerprint density at radius 1 is 1.00 bits per heavy atom. The van der Waals surface area contributed by atoms with E-state index in [1.54, 1.807) is 0 Å². The van der Waals surface area contributed by atoms with Crippen molar-refractivity contribution in [2.24, 2.45) is 0 Å². The second-order valence-corrected chi connectivity index (χ2v) is 2.16. The Hall–Kier alpha value is 0.0129. The third-order valence-corrected chi connectivity index (χ3v) is 1.17. The molecule has 0 atom stereocenters. The normalized spacial score (nSPS) is 6.73. The number of rotatable bonds is 0. The van der Waals surface area contributed by atoms with Crippen molar-refractivity contribution in [1.29, 1.82) is 0 Å². The molecule has 0 fully saturated rings. The van der Waals surface area contributed by atoms with Gasteiger partial charge in [0.05, 0.1) is 0 Å². The topological polar surface area (TPSA) is 36.5 Å². The monoisotopic (exact) mass is 237 g/mol. The first-order valence-electron chi connectivity index (χ1n) is 2.82. The third kappa shape index (κ3) is 6.41. The molecule has 3 heteroatoms. The standard InChI is InChI=1S/C8H10.ClH.GeH4.H3N/c1-7-4-3-5-8(2)6-7;;;/h3-6H,1-2H3;1H;1H4;1H3. The molecule has 1 aromatic rings. The van der Waals surface area contributed by atoms with Crippen molar-refractivity contribution in [3.8, 4) is 0 Å². The van der Waals surface area contributed by atoms with E-state index in [0.717, 1.165) is 0 Å². The van der Waals surface area contributed by atoms with Gasteiger partial charge in [-0.05, 0) is 13.8 Å². The molecule has 0 aromatic heterocycles. The molecule has 0 aliphatic carbocycles. The Balaban J connectivity index is -0.000000213. The summed E-state index contributed by atoms with van der Waals surface area (Å²) in [5.74, 6) is 0. The summed E-state index contributed by atoms with van der Waals surface area (Å²) >= 11 is 0. The van der Waals surface area contributed by atoms with Gasteiger partial charge in [0.1, 0.15) is 0 Å². The van der Waals surface area contributed by atoms with Crippen molar-refractivity contribution in [2.75, 3.05) is 0 Å². The van der Waals surface area contributed by atoms with Crippen LogP contribution in [0.25, 0.3) is 0 Å². The Labute approximate surface area is 85.5 Å². The van der Waals surface area contributed by atoms with Gasteiger partial charge in [-0.15, -0.1) is 0 Å². The molecule has 0 radical (unpaired) electrons. The van der Waals surface area contributed by atoms with E-state index in [9.17, 15) is 0 Å². The van der Waals surface area contributed by atoms with Crippen LogP contribution in [0.3, 0.4) is 0 Å². The summed E-state index contributed by atoms with van der Waals surface area (Å²) in [5, 5.41) is 0. The van der Waals surface area contributed by atoms with Crippen LogP contribution in [-0.2, 0) is 0 Å².